The predicted molar refractivity (Wildman–Crippen MR) is 81.2 cm³/mol. The molecule has 1 aromatic carbocycles. The van der Waals surface area contributed by atoms with Gasteiger partial charge in [0.05, 0.1) is 17.7 Å². The van der Waals surface area contributed by atoms with Gasteiger partial charge in [-0.05, 0) is 31.9 Å². The summed E-state index contributed by atoms with van der Waals surface area (Å²) in [5.41, 5.74) is 0.104. The van der Waals surface area contributed by atoms with E-state index in [-0.39, 0.29) is 22.6 Å². The van der Waals surface area contributed by atoms with Crippen molar-refractivity contribution in [1.29, 1.82) is 0 Å². The molecule has 0 unspecified atom stereocenters. The zero-order valence-electron chi connectivity index (χ0n) is 12.7. The molecule has 0 aromatic heterocycles. The fourth-order valence-electron chi connectivity index (χ4n) is 2.91. The standard InChI is InChI=1S/C15H18N2O5S/c1-10(12-6-4-8-22-12)16-14(18)9-17-15(19)11-5-2-3-7-13(11)23(17,20)21/h2-3,5,7,10,12H,4,6,8-9H2,1H3,(H,16,18)/t10-,12-/m0/s1. The number of rotatable bonds is 4. The van der Waals surface area contributed by atoms with Crippen LogP contribution in [0, 0.1) is 0 Å². The van der Waals surface area contributed by atoms with Crippen molar-refractivity contribution < 1.29 is 22.7 Å². The van der Waals surface area contributed by atoms with Gasteiger partial charge in [-0.1, -0.05) is 12.1 Å². The lowest BCUT2D eigenvalue weighted by Crippen LogP contribution is -2.46. The van der Waals surface area contributed by atoms with Crippen LogP contribution in [0.3, 0.4) is 0 Å². The molecule has 0 radical (unpaired) electrons. The SMILES string of the molecule is C[C@H](NC(=O)CN1C(=O)c2ccccc2S1(=O)=O)[C@@H]1CCCO1. The summed E-state index contributed by atoms with van der Waals surface area (Å²) in [5, 5.41) is 2.71. The van der Waals surface area contributed by atoms with Crippen LogP contribution in [0.4, 0.5) is 0 Å². The number of benzene rings is 1. The smallest absolute Gasteiger partial charge is 0.269 e. The molecule has 2 aliphatic heterocycles. The van der Waals surface area contributed by atoms with Crippen LogP contribution >= 0.6 is 0 Å². The second-order valence-corrected chi connectivity index (χ2v) is 7.55. The number of carbonyl (C=O) groups is 2. The van der Waals surface area contributed by atoms with Gasteiger partial charge in [-0.15, -0.1) is 0 Å². The number of nitrogens with zero attached hydrogens (tertiary/aromatic N) is 1. The van der Waals surface area contributed by atoms with Gasteiger partial charge in [0.1, 0.15) is 11.4 Å². The number of hydrogen-bond donors (Lipinski definition) is 1. The van der Waals surface area contributed by atoms with E-state index in [9.17, 15) is 18.0 Å². The van der Waals surface area contributed by atoms with Gasteiger partial charge in [0.2, 0.25) is 5.91 Å². The highest BCUT2D eigenvalue weighted by Gasteiger charge is 2.42. The van der Waals surface area contributed by atoms with E-state index in [1.54, 1.807) is 12.1 Å². The quantitative estimate of drug-likeness (QED) is 0.864. The largest absolute Gasteiger partial charge is 0.376 e. The zero-order chi connectivity index (χ0) is 16.6. The Balaban J connectivity index is 1.71. The Bertz CT molecular complexity index is 740. The number of sulfonamides is 1. The molecular formula is C15H18N2O5S. The minimum Gasteiger partial charge on any atom is -0.376 e. The first-order chi connectivity index (χ1) is 10.9. The van der Waals surface area contributed by atoms with E-state index in [1.807, 2.05) is 6.92 Å². The van der Waals surface area contributed by atoms with Gasteiger partial charge in [0.25, 0.3) is 15.9 Å². The summed E-state index contributed by atoms with van der Waals surface area (Å²) >= 11 is 0. The number of amides is 2. The molecule has 8 heteroatoms. The molecular weight excluding hydrogens is 320 g/mol. The van der Waals surface area contributed by atoms with Crippen molar-refractivity contribution in [3.05, 3.63) is 29.8 Å². The summed E-state index contributed by atoms with van der Waals surface area (Å²) in [7, 11) is -3.95. The third-order valence-corrected chi connectivity index (χ3v) is 5.90. The van der Waals surface area contributed by atoms with E-state index in [1.165, 1.54) is 12.1 Å². The average Bonchev–Trinajstić information content (AvgIpc) is 3.11. The van der Waals surface area contributed by atoms with Gasteiger partial charge in [0, 0.05) is 6.61 Å². The minimum absolute atomic E-state index is 0.0509. The van der Waals surface area contributed by atoms with E-state index in [2.05, 4.69) is 5.32 Å². The molecule has 2 amide bonds. The highest BCUT2D eigenvalue weighted by atomic mass is 32.2. The molecule has 124 valence electrons. The number of carbonyl (C=O) groups excluding carboxylic acids is 2. The van der Waals surface area contributed by atoms with Gasteiger partial charge in [-0.25, -0.2) is 12.7 Å². The Labute approximate surface area is 134 Å². The topological polar surface area (TPSA) is 92.8 Å². The highest BCUT2D eigenvalue weighted by molar-refractivity contribution is 7.90. The van der Waals surface area contributed by atoms with Crippen molar-refractivity contribution >= 4 is 21.8 Å². The first-order valence-electron chi connectivity index (χ1n) is 7.48. The summed E-state index contributed by atoms with van der Waals surface area (Å²) in [5.74, 6) is -1.18. The lowest BCUT2D eigenvalue weighted by atomic mass is 10.1. The van der Waals surface area contributed by atoms with Crippen LogP contribution in [0.2, 0.25) is 0 Å². The molecule has 23 heavy (non-hydrogen) atoms. The van der Waals surface area contributed by atoms with E-state index in [4.69, 9.17) is 4.74 Å². The lowest BCUT2D eigenvalue weighted by Gasteiger charge is -2.21. The van der Waals surface area contributed by atoms with Gasteiger partial charge in [-0.3, -0.25) is 9.59 Å². The summed E-state index contributed by atoms with van der Waals surface area (Å²) in [6, 6.07) is 5.73. The number of fused-ring (bicyclic) bond motifs is 1. The van der Waals surface area contributed by atoms with Crippen LogP contribution in [0.15, 0.2) is 29.2 Å². The molecule has 0 aliphatic carbocycles. The van der Waals surface area contributed by atoms with E-state index >= 15 is 0 Å². The van der Waals surface area contributed by atoms with E-state index in [0.717, 1.165) is 12.8 Å². The second kappa shape index (κ2) is 5.93. The Morgan fingerprint density at radius 3 is 2.83 bits per heavy atom. The molecule has 1 saturated heterocycles. The third kappa shape index (κ3) is 2.84. The molecule has 0 spiro atoms. The number of hydrogen-bond acceptors (Lipinski definition) is 5. The Kier molecular flexibility index (Phi) is 4.11. The summed E-state index contributed by atoms with van der Waals surface area (Å²) in [6.45, 7) is 1.95. The van der Waals surface area contributed by atoms with Crippen LogP contribution in [0.1, 0.15) is 30.1 Å². The van der Waals surface area contributed by atoms with Crippen molar-refractivity contribution in [3.8, 4) is 0 Å². The van der Waals surface area contributed by atoms with Crippen molar-refractivity contribution in [2.24, 2.45) is 0 Å². The van der Waals surface area contributed by atoms with E-state index < -0.39 is 28.4 Å². The fourth-order valence-corrected chi connectivity index (χ4v) is 4.43. The fraction of sp³-hybridized carbons (Fsp3) is 0.467. The lowest BCUT2D eigenvalue weighted by molar-refractivity contribution is -0.122. The Morgan fingerprint density at radius 2 is 2.17 bits per heavy atom. The van der Waals surface area contributed by atoms with Crippen molar-refractivity contribution in [1.82, 2.24) is 9.62 Å². The molecule has 7 nitrogen and oxygen atoms in total. The molecule has 0 bridgehead atoms. The Morgan fingerprint density at radius 1 is 1.43 bits per heavy atom. The Hall–Kier alpha value is -1.93. The van der Waals surface area contributed by atoms with Gasteiger partial charge in [-0.2, -0.15) is 0 Å². The molecule has 2 heterocycles. The van der Waals surface area contributed by atoms with Crippen LogP contribution < -0.4 is 5.32 Å². The monoisotopic (exact) mass is 338 g/mol. The van der Waals surface area contributed by atoms with E-state index in [0.29, 0.717) is 10.9 Å². The molecule has 1 aromatic rings. The van der Waals surface area contributed by atoms with Gasteiger partial charge >= 0.3 is 0 Å². The van der Waals surface area contributed by atoms with Crippen molar-refractivity contribution in [2.45, 2.75) is 36.8 Å². The summed E-state index contributed by atoms with van der Waals surface area (Å²) in [6.07, 6.45) is 1.73. The molecule has 0 saturated carbocycles. The van der Waals surface area contributed by atoms with Crippen LogP contribution in [-0.4, -0.2) is 49.8 Å². The normalized spacial score (nSPS) is 23.6. The van der Waals surface area contributed by atoms with Crippen molar-refractivity contribution in [2.75, 3.05) is 13.2 Å². The maximum absolute atomic E-state index is 12.4. The molecule has 1 fully saturated rings. The third-order valence-electron chi connectivity index (χ3n) is 4.11. The first-order valence-corrected chi connectivity index (χ1v) is 8.92. The van der Waals surface area contributed by atoms with Crippen LogP contribution in [0.25, 0.3) is 0 Å². The molecule has 1 N–H and O–H groups in total. The van der Waals surface area contributed by atoms with Crippen LogP contribution in [-0.2, 0) is 19.6 Å². The minimum atomic E-state index is -3.95. The van der Waals surface area contributed by atoms with Crippen molar-refractivity contribution in [3.63, 3.8) is 0 Å². The maximum atomic E-state index is 12.4. The predicted octanol–water partition coefficient (Wildman–Crippen LogP) is 0.515. The first kappa shape index (κ1) is 15.9. The molecule has 2 aliphatic rings. The number of ether oxygens (including phenoxy) is 1. The molecule has 2 atom stereocenters. The van der Waals surface area contributed by atoms with Crippen LogP contribution in [0.5, 0.6) is 0 Å². The van der Waals surface area contributed by atoms with Gasteiger partial charge in [0.15, 0.2) is 0 Å². The number of nitrogens with one attached hydrogen (secondary N) is 1. The zero-order valence-corrected chi connectivity index (χ0v) is 13.5. The highest BCUT2D eigenvalue weighted by Crippen LogP contribution is 2.29. The summed E-state index contributed by atoms with van der Waals surface area (Å²) < 4.78 is 30.9. The molecule has 3 rings (SSSR count). The maximum Gasteiger partial charge on any atom is 0.269 e. The summed E-state index contributed by atoms with van der Waals surface area (Å²) in [4.78, 5) is 24.3. The van der Waals surface area contributed by atoms with Gasteiger partial charge < -0.3 is 10.1 Å². The second-order valence-electron chi connectivity index (χ2n) is 5.72. The average molecular weight is 338 g/mol.